The van der Waals surface area contributed by atoms with Gasteiger partial charge in [-0.2, -0.15) is 4.31 Å². The fourth-order valence-corrected chi connectivity index (χ4v) is 5.79. The van der Waals surface area contributed by atoms with Crippen LogP contribution in [0.1, 0.15) is 24.6 Å². The molecule has 0 saturated carbocycles. The van der Waals surface area contributed by atoms with Crippen LogP contribution in [0, 0.1) is 0 Å². The maximum atomic E-state index is 13.3. The molecule has 1 fully saturated rings. The largest absolute Gasteiger partial charge is 0.338 e. The summed E-state index contributed by atoms with van der Waals surface area (Å²) < 4.78 is 28.0. The monoisotopic (exact) mass is 512 g/mol. The molecule has 1 aliphatic rings. The quantitative estimate of drug-likeness (QED) is 0.226. The molecule has 4 rings (SSSR count). The van der Waals surface area contributed by atoms with Gasteiger partial charge in [0.25, 0.3) is 0 Å². The number of anilines is 1. The SMILES string of the molecule is O=CN(O)CCCC(CS(=O)(=O)N1CCN(c2ncc(-c3ccccn3)cn2)CC1)c1ncccn1. The third kappa shape index (κ3) is 6.56. The minimum atomic E-state index is -3.60. The Hall–Kier alpha value is -3.55. The highest BCUT2D eigenvalue weighted by atomic mass is 32.2. The number of sulfonamides is 1. The van der Waals surface area contributed by atoms with E-state index in [0.717, 1.165) is 11.3 Å². The lowest BCUT2D eigenvalue weighted by Gasteiger charge is -2.34. The lowest BCUT2D eigenvalue weighted by Crippen LogP contribution is -2.50. The topological polar surface area (TPSA) is 146 Å². The number of hydrogen-bond acceptors (Lipinski definition) is 10. The second-order valence-corrected chi connectivity index (χ2v) is 10.4. The third-order valence-corrected chi connectivity index (χ3v) is 7.91. The molecule has 36 heavy (non-hydrogen) atoms. The summed E-state index contributed by atoms with van der Waals surface area (Å²) in [4.78, 5) is 34.3. The molecule has 1 amide bonds. The van der Waals surface area contributed by atoms with Crippen LogP contribution < -0.4 is 4.90 Å². The minimum Gasteiger partial charge on any atom is -0.338 e. The summed E-state index contributed by atoms with van der Waals surface area (Å²) in [5.41, 5.74) is 1.60. The molecular formula is C23H28N8O4S. The summed E-state index contributed by atoms with van der Waals surface area (Å²) in [5, 5.41) is 9.90. The summed E-state index contributed by atoms with van der Waals surface area (Å²) in [6, 6.07) is 7.30. The van der Waals surface area contributed by atoms with Gasteiger partial charge in [0, 0.05) is 75.2 Å². The fourth-order valence-electron chi connectivity index (χ4n) is 4.04. The van der Waals surface area contributed by atoms with Crippen LogP contribution in [0.25, 0.3) is 11.3 Å². The average molecular weight is 513 g/mol. The molecule has 3 aromatic rings. The number of hydroxylamine groups is 2. The maximum absolute atomic E-state index is 13.3. The number of nitrogens with zero attached hydrogens (tertiary/aromatic N) is 8. The Balaban J connectivity index is 1.37. The summed E-state index contributed by atoms with van der Waals surface area (Å²) >= 11 is 0. The Bertz CT molecular complexity index is 1210. The van der Waals surface area contributed by atoms with Crippen LogP contribution in [0.3, 0.4) is 0 Å². The van der Waals surface area contributed by atoms with E-state index in [-0.39, 0.29) is 12.3 Å². The molecule has 0 radical (unpaired) electrons. The first kappa shape index (κ1) is 25.5. The first-order valence-corrected chi connectivity index (χ1v) is 13.2. The van der Waals surface area contributed by atoms with E-state index in [4.69, 9.17) is 0 Å². The molecule has 12 nitrogen and oxygen atoms in total. The second-order valence-electron chi connectivity index (χ2n) is 8.37. The van der Waals surface area contributed by atoms with Crippen molar-refractivity contribution in [3.05, 3.63) is 61.1 Å². The molecule has 0 spiro atoms. The van der Waals surface area contributed by atoms with Crippen molar-refractivity contribution in [3.8, 4) is 11.3 Å². The zero-order chi connectivity index (χ0) is 25.4. The summed E-state index contributed by atoms with van der Waals surface area (Å²) in [5.74, 6) is 0.359. The van der Waals surface area contributed by atoms with Crippen molar-refractivity contribution in [2.24, 2.45) is 0 Å². The molecule has 13 heteroatoms. The van der Waals surface area contributed by atoms with Gasteiger partial charge in [-0.15, -0.1) is 0 Å². The van der Waals surface area contributed by atoms with E-state index in [9.17, 15) is 18.4 Å². The number of pyridine rings is 1. The van der Waals surface area contributed by atoms with Gasteiger partial charge >= 0.3 is 0 Å². The molecule has 1 N–H and O–H groups in total. The van der Waals surface area contributed by atoms with Crippen LogP contribution in [-0.2, 0) is 14.8 Å². The molecule has 0 bridgehead atoms. The molecule has 0 aromatic carbocycles. The predicted molar refractivity (Wildman–Crippen MR) is 131 cm³/mol. The van der Waals surface area contributed by atoms with E-state index in [1.807, 2.05) is 23.1 Å². The van der Waals surface area contributed by atoms with Crippen molar-refractivity contribution in [1.82, 2.24) is 34.3 Å². The zero-order valence-electron chi connectivity index (χ0n) is 19.7. The number of amides is 1. The highest BCUT2D eigenvalue weighted by Crippen LogP contribution is 2.23. The van der Waals surface area contributed by atoms with Gasteiger partial charge < -0.3 is 4.90 Å². The average Bonchev–Trinajstić information content (AvgIpc) is 2.93. The van der Waals surface area contributed by atoms with Crippen LogP contribution in [0.2, 0.25) is 0 Å². The van der Waals surface area contributed by atoms with E-state index in [1.165, 1.54) is 4.31 Å². The normalized spacial score (nSPS) is 15.4. The van der Waals surface area contributed by atoms with Crippen molar-refractivity contribution in [3.63, 3.8) is 0 Å². The minimum absolute atomic E-state index is 0.102. The van der Waals surface area contributed by atoms with Crippen molar-refractivity contribution >= 4 is 22.4 Å². The van der Waals surface area contributed by atoms with Crippen molar-refractivity contribution in [2.45, 2.75) is 18.8 Å². The van der Waals surface area contributed by atoms with Crippen LogP contribution in [0.5, 0.6) is 0 Å². The molecule has 0 aliphatic carbocycles. The molecule has 1 saturated heterocycles. The molecule has 1 aliphatic heterocycles. The third-order valence-electron chi connectivity index (χ3n) is 5.94. The van der Waals surface area contributed by atoms with Gasteiger partial charge in [-0.1, -0.05) is 6.07 Å². The van der Waals surface area contributed by atoms with Gasteiger partial charge in [0.05, 0.1) is 11.4 Å². The van der Waals surface area contributed by atoms with Crippen LogP contribution >= 0.6 is 0 Å². The van der Waals surface area contributed by atoms with Crippen LogP contribution in [-0.4, -0.2) is 92.8 Å². The van der Waals surface area contributed by atoms with Crippen LogP contribution in [0.15, 0.2) is 55.2 Å². The standard InChI is InChI=1S/C23H28N8O4S/c32-18-30(33)10-3-5-19(22-25-8-4-9-26-22)17-36(34,35)31-13-11-29(12-14-31)23-27-15-20(16-28-23)21-6-1-2-7-24-21/h1-2,4,6-9,15-16,18-19,33H,3,5,10-14,17H2. The second kappa shape index (κ2) is 11.9. The smallest absolute Gasteiger partial charge is 0.233 e. The van der Waals surface area contributed by atoms with E-state index in [1.54, 1.807) is 37.1 Å². The Labute approximate surface area is 209 Å². The Morgan fingerprint density at radius 1 is 0.972 bits per heavy atom. The van der Waals surface area contributed by atoms with E-state index < -0.39 is 15.9 Å². The molecule has 1 unspecified atom stereocenters. The number of aromatic nitrogens is 5. The molecular weight excluding hydrogens is 484 g/mol. The Morgan fingerprint density at radius 2 is 1.67 bits per heavy atom. The van der Waals surface area contributed by atoms with Crippen LogP contribution in [0.4, 0.5) is 5.95 Å². The number of piperazine rings is 1. The number of hydrogen-bond donors (Lipinski definition) is 1. The molecule has 4 heterocycles. The van der Waals surface area contributed by atoms with Gasteiger partial charge in [0.2, 0.25) is 22.4 Å². The summed E-state index contributed by atoms with van der Waals surface area (Å²) in [6.45, 7) is 1.66. The first-order valence-electron chi connectivity index (χ1n) is 11.6. The van der Waals surface area contributed by atoms with Gasteiger partial charge in [-0.05, 0) is 31.0 Å². The molecule has 1 atom stereocenters. The predicted octanol–water partition coefficient (Wildman–Crippen LogP) is 1.19. The Morgan fingerprint density at radius 3 is 2.31 bits per heavy atom. The zero-order valence-corrected chi connectivity index (χ0v) is 20.5. The lowest BCUT2D eigenvalue weighted by molar-refractivity contribution is -0.149. The summed E-state index contributed by atoms with van der Waals surface area (Å²) in [6.07, 6.45) is 9.43. The van der Waals surface area contributed by atoms with Gasteiger partial charge in [-0.25, -0.2) is 33.4 Å². The van der Waals surface area contributed by atoms with E-state index >= 15 is 0 Å². The van der Waals surface area contributed by atoms with Crippen molar-refractivity contribution in [2.75, 3.05) is 43.4 Å². The van der Waals surface area contributed by atoms with E-state index in [2.05, 4.69) is 24.9 Å². The lowest BCUT2D eigenvalue weighted by atomic mass is 10.0. The van der Waals surface area contributed by atoms with Gasteiger partial charge in [0.15, 0.2) is 0 Å². The van der Waals surface area contributed by atoms with Gasteiger partial charge in [-0.3, -0.25) is 15.0 Å². The summed E-state index contributed by atoms with van der Waals surface area (Å²) in [7, 11) is -3.60. The highest BCUT2D eigenvalue weighted by molar-refractivity contribution is 7.89. The first-order chi connectivity index (χ1) is 17.5. The van der Waals surface area contributed by atoms with Crippen molar-refractivity contribution < 1.29 is 18.4 Å². The maximum Gasteiger partial charge on any atom is 0.233 e. The Kier molecular flexibility index (Phi) is 8.46. The number of carbonyl (C=O) groups excluding carboxylic acids is 1. The highest BCUT2D eigenvalue weighted by Gasteiger charge is 2.31. The molecule has 190 valence electrons. The fraction of sp³-hybridized carbons (Fsp3) is 0.391. The van der Waals surface area contributed by atoms with E-state index in [0.29, 0.717) is 62.3 Å². The van der Waals surface area contributed by atoms with Crippen molar-refractivity contribution in [1.29, 1.82) is 0 Å². The number of carbonyl (C=O) groups is 1. The molecule has 3 aromatic heterocycles. The van der Waals surface area contributed by atoms with Gasteiger partial charge in [0.1, 0.15) is 5.82 Å². The number of rotatable bonds is 11.